The molecule has 0 amide bonds. The highest BCUT2D eigenvalue weighted by atomic mass is 14.0. The molecule has 0 atom stereocenters. The fourth-order valence-corrected chi connectivity index (χ4v) is 2.52. The molecule has 0 bridgehead atoms. The SMILES string of the molecule is [CH2]C=CCc1ccc(CCCCCCCCCC)cc1. The first kappa shape index (κ1) is 17.0. The highest BCUT2D eigenvalue weighted by Crippen LogP contribution is 2.12. The summed E-state index contributed by atoms with van der Waals surface area (Å²) in [7, 11) is 0. The van der Waals surface area contributed by atoms with E-state index in [1.54, 1.807) is 0 Å². The molecule has 111 valence electrons. The Bertz CT molecular complexity index is 345. The van der Waals surface area contributed by atoms with Gasteiger partial charge in [-0.1, -0.05) is 88.3 Å². The number of hydrogen-bond acceptors (Lipinski definition) is 0. The molecule has 0 heteroatoms. The van der Waals surface area contributed by atoms with Crippen LogP contribution in [-0.4, -0.2) is 0 Å². The van der Waals surface area contributed by atoms with Crippen molar-refractivity contribution in [3.63, 3.8) is 0 Å². The van der Waals surface area contributed by atoms with E-state index in [0.29, 0.717) is 0 Å². The Morgan fingerprint density at radius 1 is 0.800 bits per heavy atom. The van der Waals surface area contributed by atoms with Gasteiger partial charge in [-0.25, -0.2) is 0 Å². The molecule has 0 N–H and O–H groups in total. The second kappa shape index (κ2) is 11.8. The van der Waals surface area contributed by atoms with Crippen LogP contribution in [-0.2, 0) is 12.8 Å². The largest absolute Gasteiger partial charge is 0.0879 e. The molecule has 0 aliphatic heterocycles. The van der Waals surface area contributed by atoms with Crippen molar-refractivity contribution in [1.82, 2.24) is 0 Å². The van der Waals surface area contributed by atoms with Crippen molar-refractivity contribution >= 4 is 0 Å². The molecule has 0 aliphatic rings. The zero-order valence-corrected chi connectivity index (χ0v) is 13.2. The molecule has 0 saturated heterocycles. The van der Waals surface area contributed by atoms with Crippen LogP contribution < -0.4 is 0 Å². The molecule has 0 heterocycles. The van der Waals surface area contributed by atoms with Crippen molar-refractivity contribution in [3.8, 4) is 0 Å². The zero-order valence-electron chi connectivity index (χ0n) is 13.2. The predicted octanol–water partition coefficient (Wildman–Crippen LogP) is 6.30. The summed E-state index contributed by atoms with van der Waals surface area (Å²) in [6, 6.07) is 9.07. The first-order valence-electron chi connectivity index (χ1n) is 8.39. The average Bonchev–Trinajstić information content (AvgIpc) is 2.49. The van der Waals surface area contributed by atoms with Gasteiger partial charge in [-0.2, -0.15) is 0 Å². The lowest BCUT2D eigenvalue weighted by Gasteiger charge is -2.04. The normalized spacial score (nSPS) is 11.3. The van der Waals surface area contributed by atoms with Gasteiger partial charge in [0.15, 0.2) is 0 Å². The van der Waals surface area contributed by atoms with Crippen molar-refractivity contribution in [2.45, 2.75) is 71.1 Å². The zero-order chi connectivity index (χ0) is 14.5. The van der Waals surface area contributed by atoms with Crippen molar-refractivity contribution in [2.75, 3.05) is 0 Å². The summed E-state index contributed by atoms with van der Waals surface area (Å²) < 4.78 is 0. The lowest BCUT2D eigenvalue weighted by atomic mass is 10.0. The second-order valence-electron chi connectivity index (χ2n) is 5.72. The number of rotatable bonds is 11. The van der Waals surface area contributed by atoms with Gasteiger partial charge in [0.1, 0.15) is 0 Å². The Morgan fingerprint density at radius 2 is 1.35 bits per heavy atom. The topological polar surface area (TPSA) is 0 Å². The first-order valence-corrected chi connectivity index (χ1v) is 8.39. The standard InChI is InChI=1S/C20H31/c1-3-5-7-8-9-10-11-12-14-20-17-15-19(16-18-20)13-6-4-2/h4,6,15-18H,2-3,5,7-14H2,1H3. The van der Waals surface area contributed by atoms with Crippen LogP contribution in [0, 0.1) is 6.92 Å². The molecule has 0 fully saturated rings. The Morgan fingerprint density at radius 3 is 1.95 bits per heavy atom. The van der Waals surface area contributed by atoms with Crippen LogP contribution in [0.4, 0.5) is 0 Å². The van der Waals surface area contributed by atoms with Crippen LogP contribution in [0.2, 0.25) is 0 Å². The van der Waals surface area contributed by atoms with Gasteiger partial charge in [0, 0.05) is 0 Å². The lowest BCUT2D eigenvalue weighted by molar-refractivity contribution is 0.575. The quantitative estimate of drug-likeness (QED) is 0.414. The van der Waals surface area contributed by atoms with Crippen molar-refractivity contribution in [2.24, 2.45) is 0 Å². The first-order chi connectivity index (χ1) is 9.86. The maximum absolute atomic E-state index is 3.72. The Hall–Kier alpha value is -1.04. The smallest absolute Gasteiger partial charge is 0.00975 e. The lowest BCUT2D eigenvalue weighted by Crippen LogP contribution is -1.88. The number of aryl methyl sites for hydroxylation is 1. The molecule has 0 unspecified atom stereocenters. The summed E-state index contributed by atoms with van der Waals surface area (Å²) in [4.78, 5) is 0. The summed E-state index contributed by atoms with van der Waals surface area (Å²) in [6.07, 6.45) is 17.4. The van der Waals surface area contributed by atoms with Crippen molar-refractivity contribution in [1.29, 1.82) is 0 Å². The summed E-state index contributed by atoms with van der Waals surface area (Å²) in [5.74, 6) is 0. The predicted molar refractivity (Wildman–Crippen MR) is 91.0 cm³/mol. The molecular weight excluding hydrogens is 240 g/mol. The van der Waals surface area contributed by atoms with E-state index in [-0.39, 0.29) is 0 Å². The van der Waals surface area contributed by atoms with Crippen LogP contribution in [0.25, 0.3) is 0 Å². The van der Waals surface area contributed by atoms with E-state index in [9.17, 15) is 0 Å². The van der Waals surface area contributed by atoms with E-state index >= 15 is 0 Å². The third-order valence-electron chi connectivity index (χ3n) is 3.86. The van der Waals surface area contributed by atoms with E-state index in [1.165, 1.54) is 68.9 Å². The van der Waals surface area contributed by atoms with Gasteiger partial charge in [0.2, 0.25) is 0 Å². The summed E-state index contributed by atoms with van der Waals surface area (Å²) in [5.41, 5.74) is 2.86. The third kappa shape index (κ3) is 8.19. The molecule has 0 saturated carbocycles. The number of benzene rings is 1. The summed E-state index contributed by atoms with van der Waals surface area (Å²) in [6.45, 7) is 6.00. The van der Waals surface area contributed by atoms with Crippen LogP contribution in [0.3, 0.4) is 0 Å². The minimum absolute atomic E-state index is 1.00. The fraction of sp³-hybridized carbons (Fsp3) is 0.550. The van der Waals surface area contributed by atoms with E-state index in [2.05, 4.69) is 44.2 Å². The highest BCUT2D eigenvalue weighted by molar-refractivity contribution is 5.24. The van der Waals surface area contributed by atoms with Gasteiger partial charge < -0.3 is 0 Å². The maximum Gasteiger partial charge on any atom is -0.00975 e. The molecule has 1 radical (unpaired) electrons. The van der Waals surface area contributed by atoms with E-state index < -0.39 is 0 Å². The van der Waals surface area contributed by atoms with Gasteiger partial charge in [-0.05, 0) is 37.3 Å². The fourth-order valence-electron chi connectivity index (χ4n) is 2.52. The monoisotopic (exact) mass is 271 g/mol. The molecule has 1 rings (SSSR count). The second-order valence-corrected chi connectivity index (χ2v) is 5.72. The van der Waals surface area contributed by atoms with Crippen LogP contribution in [0.1, 0.15) is 69.4 Å². The van der Waals surface area contributed by atoms with Gasteiger partial charge >= 0.3 is 0 Å². The van der Waals surface area contributed by atoms with Gasteiger partial charge in [-0.3, -0.25) is 0 Å². The van der Waals surface area contributed by atoms with Gasteiger partial charge in [0.25, 0.3) is 0 Å². The van der Waals surface area contributed by atoms with Crippen LogP contribution in [0.15, 0.2) is 36.4 Å². The average molecular weight is 271 g/mol. The number of allylic oxidation sites excluding steroid dienone is 2. The number of hydrogen-bond donors (Lipinski definition) is 0. The van der Waals surface area contributed by atoms with Crippen LogP contribution in [0.5, 0.6) is 0 Å². The highest BCUT2D eigenvalue weighted by Gasteiger charge is 1.95. The third-order valence-corrected chi connectivity index (χ3v) is 3.86. The minimum Gasteiger partial charge on any atom is -0.0879 e. The summed E-state index contributed by atoms with van der Waals surface area (Å²) >= 11 is 0. The minimum atomic E-state index is 1.00. The van der Waals surface area contributed by atoms with E-state index in [0.717, 1.165) is 6.42 Å². The van der Waals surface area contributed by atoms with Gasteiger partial charge in [-0.15, -0.1) is 0 Å². The Kier molecular flexibility index (Phi) is 10.0. The van der Waals surface area contributed by atoms with Crippen molar-refractivity contribution < 1.29 is 0 Å². The molecule has 0 nitrogen and oxygen atoms in total. The molecule has 1 aromatic carbocycles. The molecule has 1 aromatic rings. The molecular formula is C20H31. The van der Waals surface area contributed by atoms with Crippen molar-refractivity contribution in [3.05, 3.63) is 54.5 Å². The molecule has 0 aromatic heterocycles. The molecule has 20 heavy (non-hydrogen) atoms. The number of unbranched alkanes of at least 4 members (excludes halogenated alkanes) is 7. The Balaban J connectivity index is 2.07. The van der Waals surface area contributed by atoms with Gasteiger partial charge in [0.05, 0.1) is 0 Å². The Labute approximate surface area is 126 Å². The molecule has 0 spiro atoms. The maximum atomic E-state index is 3.72. The summed E-state index contributed by atoms with van der Waals surface area (Å²) in [5, 5.41) is 0. The van der Waals surface area contributed by atoms with E-state index in [4.69, 9.17) is 0 Å². The van der Waals surface area contributed by atoms with Crippen LogP contribution >= 0.6 is 0 Å². The van der Waals surface area contributed by atoms with E-state index in [1.807, 2.05) is 6.08 Å². The molecule has 0 aliphatic carbocycles.